The maximum atomic E-state index is 2.51. The van der Waals surface area contributed by atoms with Crippen molar-refractivity contribution >= 4 is 0 Å². The summed E-state index contributed by atoms with van der Waals surface area (Å²) in [5.41, 5.74) is 3.52. The van der Waals surface area contributed by atoms with Gasteiger partial charge in [0.25, 0.3) is 0 Å². The molecule has 0 aliphatic heterocycles. The van der Waals surface area contributed by atoms with E-state index in [2.05, 4.69) is 24.3 Å². The average molecular weight is 198 g/mol. The highest BCUT2D eigenvalue weighted by Gasteiger charge is 2.42. The summed E-state index contributed by atoms with van der Waals surface area (Å²) in [7, 11) is 0. The van der Waals surface area contributed by atoms with Crippen LogP contribution in [0.15, 0.2) is 35.5 Å². The van der Waals surface area contributed by atoms with E-state index in [1.807, 2.05) is 0 Å². The van der Waals surface area contributed by atoms with E-state index in [9.17, 15) is 0 Å². The van der Waals surface area contributed by atoms with Crippen molar-refractivity contribution in [3.63, 3.8) is 0 Å². The van der Waals surface area contributed by atoms with E-state index < -0.39 is 0 Å². The lowest BCUT2D eigenvalue weighted by Crippen LogP contribution is -2.18. The standard InChI is InChI=1S/C15H18/c1-2-11-6-7-14(13(11)3-1)15-9-10-4-5-12(15)8-10/h1,3-5,10,12,14-15H,2,6-9H2. The molecule has 0 aromatic heterocycles. The van der Waals surface area contributed by atoms with Gasteiger partial charge < -0.3 is 0 Å². The van der Waals surface area contributed by atoms with Crippen LogP contribution in [0.5, 0.6) is 0 Å². The number of rotatable bonds is 1. The predicted molar refractivity (Wildman–Crippen MR) is 62.4 cm³/mol. The third-order valence-corrected chi connectivity index (χ3v) is 5.07. The molecule has 0 saturated heterocycles. The zero-order valence-corrected chi connectivity index (χ0v) is 9.15. The number of hydrogen-bond donors (Lipinski definition) is 0. The van der Waals surface area contributed by atoms with Crippen LogP contribution < -0.4 is 0 Å². The molecule has 4 aliphatic carbocycles. The van der Waals surface area contributed by atoms with Gasteiger partial charge in [-0.1, -0.05) is 29.9 Å². The monoisotopic (exact) mass is 198 g/mol. The molecule has 15 heavy (non-hydrogen) atoms. The summed E-state index contributed by atoms with van der Waals surface area (Å²) >= 11 is 0. The lowest BCUT2D eigenvalue weighted by atomic mass is 9.78. The fourth-order valence-corrected chi connectivity index (χ4v) is 4.41. The fourth-order valence-electron chi connectivity index (χ4n) is 4.41. The summed E-state index contributed by atoms with van der Waals surface area (Å²) in [6.07, 6.45) is 16.8. The van der Waals surface area contributed by atoms with Crippen molar-refractivity contribution in [3.8, 4) is 0 Å². The maximum Gasteiger partial charge on any atom is -0.0125 e. The van der Waals surface area contributed by atoms with Gasteiger partial charge in [-0.05, 0) is 61.3 Å². The van der Waals surface area contributed by atoms with Crippen LogP contribution in [0.1, 0.15) is 32.1 Å². The maximum absolute atomic E-state index is 2.51. The Bertz CT molecular complexity index is 383. The van der Waals surface area contributed by atoms with Crippen LogP contribution in [0.2, 0.25) is 0 Å². The van der Waals surface area contributed by atoms with Crippen molar-refractivity contribution in [2.75, 3.05) is 0 Å². The molecule has 4 atom stereocenters. The van der Waals surface area contributed by atoms with Crippen molar-refractivity contribution in [1.29, 1.82) is 0 Å². The molecule has 0 spiro atoms. The minimum Gasteiger partial charge on any atom is -0.0851 e. The van der Waals surface area contributed by atoms with Crippen LogP contribution >= 0.6 is 0 Å². The quantitative estimate of drug-likeness (QED) is 0.561. The van der Waals surface area contributed by atoms with Crippen LogP contribution in [0.25, 0.3) is 0 Å². The smallest absolute Gasteiger partial charge is 0.0125 e. The highest BCUT2D eigenvalue weighted by Crippen LogP contribution is 2.53. The second-order valence-corrected chi connectivity index (χ2v) is 5.75. The SMILES string of the molecule is C1=CC2=C(C1)CCC2C1CC2C=CC1C2. The van der Waals surface area contributed by atoms with Crippen LogP contribution in [0.3, 0.4) is 0 Å². The summed E-state index contributed by atoms with van der Waals surface area (Å²) in [4.78, 5) is 0. The molecule has 2 bridgehead atoms. The molecule has 0 aromatic carbocycles. The Balaban J connectivity index is 1.64. The van der Waals surface area contributed by atoms with Gasteiger partial charge in [0.1, 0.15) is 0 Å². The molecular formula is C15H18. The predicted octanol–water partition coefficient (Wildman–Crippen LogP) is 3.87. The van der Waals surface area contributed by atoms with E-state index in [0.717, 1.165) is 23.7 Å². The van der Waals surface area contributed by atoms with Gasteiger partial charge in [0.05, 0.1) is 0 Å². The Labute approximate surface area is 91.8 Å². The second kappa shape index (κ2) is 2.87. The molecule has 0 radical (unpaired) electrons. The first-order chi connectivity index (χ1) is 7.42. The van der Waals surface area contributed by atoms with E-state index in [4.69, 9.17) is 0 Å². The Morgan fingerprint density at radius 1 is 1.13 bits per heavy atom. The van der Waals surface area contributed by atoms with E-state index in [1.165, 1.54) is 32.1 Å². The third kappa shape index (κ3) is 1.08. The van der Waals surface area contributed by atoms with Crippen LogP contribution in [-0.4, -0.2) is 0 Å². The van der Waals surface area contributed by atoms with Gasteiger partial charge in [-0.2, -0.15) is 0 Å². The molecule has 0 nitrogen and oxygen atoms in total. The minimum atomic E-state index is 0.929. The zero-order chi connectivity index (χ0) is 9.83. The molecule has 0 amide bonds. The molecule has 78 valence electrons. The number of fused-ring (bicyclic) bond motifs is 2. The first kappa shape index (κ1) is 8.38. The van der Waals surface area contributed by atoms with Crippen molar-refractivity contribution in [3.05, 3.63) is 35.5 Å². The van der Waals surface area contributed by atoms with E-state index in [-0.39, 0.29) is 0 Å². The molecule has 0 aromatic rings. The highest BCUT2D eigenvalue weighted by atomic mass is 14.5. The van der Waals surface area contributed by atoms with Crippen molar-refractivity contribution < 1.29 is 0 Å². The van der Waals surface area contributed by atoms with E-state index in [1.54, 1.807) is 11.1 Å². The van der Waals surface area contributed by atoms with Crippen LogP contribution in [0, 0.1) is 23.7 Å². The topological polar surface area (TPSA) is 0 Å². The molecule has 1 fully saturated rings. The molecule has 1 saturated carbocycles. The Morgan fingerprint density at radius 2 is 2.13 bits per heavy atom. The van der Waals surface area contributed by atoms with Gasteiger partial charge in [0, 0.05) is 0 Å². The van der Waals surface area contributed by atoms with Crippen molar-refractivity contribution in [2.45, 2.75) is 32.1 Å². The van der Waals surface area contributed by atoms with Gasteiger partial charge in [-0.3, -0.25) is 0 Å². The van der Waals surface area contributed by atoms with Crippen molar-refractivity contribution in [1.82, 2.24) is 0 Å². The molecule has 0 heterocycles. The molecule has 0 heteroatoms. The Morgan fingerprint density at radius 3 is 2.93 bits per heavy atom. The van der Waals surface area contributed by atoms with Gasteiger partial charge in [-0.15, -0.1) is 0 Å². The lowest BCUT2D eigenvalue weighted by molar-refractivity contribution is 0.327. The third-order valence-electron chi connectivity index (χ3n) is 5.07. The zero-order valence-electron chi connectivity index (χ0n) is 9.15. The normalized spacial score (nSPS) is 45.9. The van der Waals surface area contributed by atoms with Crippen LogP contribution in [-0.2, 0) is 0 Å². The van der Waals surface area contributed by atoms with Crippen molar-refractivity contribution in [2.24, 2.45) is 23.7 Å². The second-order valence-electron chi connectivity index (χ2n) is 5.75. The summed E-state index contributed by atoms with van der Waals surface area (Å²) in [5.74, 6) is 3.80. The van der Waals surface area contributed by atoms with Gasteiger partial charge in [0.15, 0.2) is 0 Å². The number of allylic oxidation sites excluding steroid dienone is 6. The Kier molecular flexibility index (Phi) is 1.60. The first-order valence-electron chi connectivity index (χ1n) is 6.48. The van der Waals surface area contributed by atoms with Crippen LogP contribution in [0.4, 0.5) is 0 Å². The molecule has 4 rings (SSSR count). The highest BCUT2D eigenvalue weighted by molar-refractivity contribution is 5.40. The molecule has 4 aliphatic rings. The van der Waals surface area contributed by atoms with Gasteiger partial charge >= 0.3 is 0 Å². The molecule has 0 N–H and O–H groups in total. The Hall–Kier alpha value is -0.780. The summed E-state index contributed by atoms with van der Waals surface area (Å²) in [6, 6.07) is 0. The lowest BCUT2D eigenvalue weighted by Gasteiger charge is -2.26. The summed E-state index contributed by atoms with van der Waals surface area (Å²) < 4.78 is 0. The fraction of sp³-hybridized carbons (Fsp3) is 0.600. The van der Waals surface area contributed by atoms with Gasteiger partial charge in [0.2, 0.25) is 0 Å². The largest absolute Gasteiger partial charge is 0.0851 e. The molecule has 4 unspecified atom stereocenters. The minimum absolute atomic E-state index is 0.929. The molecular weight excluding hydrogens is 180 g/mol. The van der Waals surface area contributed by atoms with E-state index >= 15 is 0 Å². The first-order valence-corrected chi connectivity index (χ1v) is 6.48. The summed E-state index contributed by atoms with van der Waals surface area (Å²) in [5, 5.41) is 0. The van der Waals surface area contributed by atoms with E-state index in [0.29, 0.717) is 0 Å². The average Bonchev–Trinajstić information content (AvgIpc) is 2.97. The number of hydrogen-bond acceptors (Lipinski definition) is 0. The van der Waals surface area contributed by atoms with Gasteiger partial charge in [-0.25, -0.2) is 0 Å². The summed E-state index contributed by atoms with van der Waals surface area (Å²) in [6.45, 7) is 0.